The van der Waals surface area contributed by atoms with Crippen molar-refractivity contribution in [2.24, 2.45) is 0 Å². The number of rotatable bonds is 4. The van der Waals surface area contributed by atoms with Crippen LogP contribution in [0.15, 0.2) is 18.2 Å². The maximum atomic E-state index is 13.5. The summed E-state index contributed by atoms with van der Waals surface area (Å²) in [5, 5.41) is 20.8. The lowest BCUT2D eigenvalue weighted by Gasteiger charge is -2.37. The number of nitrogens with zero attached hydrogens (tertiary/aromatic N) is 4. The lowest BCUT2D eigenvalue weighted by atomic mass is 9.76. The van der Waals surface area contributed by atoms with Gasteiger partial charge in [0.2, 0.25) is 0 Å². The van der Waals surface area contributed by atoms with E-state index in [0.29, 0.717) is 18.4 Å². The van der Waals surface area contributed by atoms with Gasteiger partial charge in [-0.05, 0) is 47.9 Å². The molecule has 1 fully saturated rings. The van der Waals surface area contributed by atoms with E-state index in [2.05, 4.69) is 15.5 Å². The molecule has 0 saturated heterocycles. The van der Waals surface area contributed by atoms with Crippen molar-refractivity contribution in [3.05, 3.63) is 24.0 Å². The summed E-state index contributed by atoms with van der Waals surface area (Å²) in [5.74, 6) is -1.12. The van der Waals surface area contributed by atoms with Crippen molar-refractivity contribution < 1.29 is 19.0 Å². The van der Waals surface area contributed by atoms with Crippen LogP contribution in [-0.2, 0) is 10.3 Å². The average molecular weight is 292 g/mol. The number of carboxylic acid groups (broad SMARTS) is 1. The number of halogens is 1. The van der Waals surface area contributed by atoms with Crippen LogP contribution in [0.3, 0.4) is 0 Å². The van der Waals surface area contributed by atoms with E-state index in [1.807, 2.05) is 0 Å². The summed E-state index contributed by atoms with van der Waals surface area (Å²) >= 11 is 0. The predicted molar refractivity (Wildman–Crippen MR) is 69.2 cm³/mol. The summed E-state index contributed by atoms with van der Waals surface area (Å²) < 4.78 is 19.7. The van der Waals surface area contributed by atoms with Crippen LogP contribution in [0.25, 0.3) is 11.4 Å². The zero-order chi connectivity index (χ0) is 15.0. The summed E-state index contributed by atoms with van der Waals surface area (Å²) in [6.45, 7) is 0. The Morgan fingerprint density at radius 1 is 1.48 bits per heavy atom. The third kappa shape index (κ3) is 1.94. The Morgan fingerprint density at radius 3 is 2.81 bits per heavy atom. The summed E-state index contributed by atoms with van der Waals surface area (Å²) in [7, 11) is 1.36. The fraction of sp³-hybridized carbons (Fsp3) is 0.385. The van der Waals surface area contributed by atoms with Crippen LogP contribution in [-0.4, -0.2) is 38.4 Å². The maximum absolute atomic E-state index is 13.5. The van der Waals surface area contributed by atoms with Gasteiger partial charge in [0.15, 0.2) is 22.9 Å². The van der Waals surface area contributed by atoms with Crippen molar-refractivity contribution >= 4 is 5.97 Å². The first kappa shape index (κ1) is 13.5. The highest BCUT2D eigenvalue weighted by atomic mass is 19.1. The monoisotopic (exact) mass is 292 g/mol. The number of hydrogen-bond donors (Lipinski definition) is 1. The Morgan fingerprint density at radius 2 is 2.24 bits per heavy atom. The summed E-state index contributed by atoms with van der Waals surface area (Å²) in [4.78, 5) is 11.6. The number of carboxylic acids is 1. The lowest BCUT2D eigenvalue weighted by molar-refractivity contribution is -0.153. The van der Waals surface area contributed by atoms with Gasteiger partial charge in [0.25, 0.3) is 0 Å². The molecule has 1 aromatic carbocycles. The van der Waals surface area contributed by atoms with E-state index in [1.54, 1.807) is 0 Å². The molecule has 1 N–H and O–H groups in total. The molecule has 1 aromatic heterocycles. The molecule has 2 aromatic rings. The van der Waals surface area contributed by atoms with Gasteiger partial charge in [-0.1, -0.05) is 0 Å². The molecule has 21 heavy (non-hydrogen) atoms. The van der Waals surface area contributed by atoms with Crippen molar-refractivity contribution in [3.8, 4) is 17.1 Å². The quantitative estimate of drug-likeness (QED) is 0.917. The number of benzene rings is 1. The van der Waals surface area contributed by atoms with Crippen LogP contribution in [0.4, 0.5) is 4.39 Å². The largest absolute Gasteiger partial charge is 0.494 e. The van der Waals surface area contributed by atoms with Crippen molar-refractivity contribution in [3.63, 3.8) is 0 Å². The number of carbonyl (C=O) groups is 1. The topological polar surface area (TPSA) is 90.1 Å². The van der Waals surface area contributed by atoms with Crippen molar-refractivity contribution in [2.75, 3.05) is 7.11 Å². The number of methoxy groups -OCH3 is 1. The Labute approximate surface area is 119 Å². The SMILES string of the molecule is COc1cc(-c2nnnn2C2(C(=O)O)CCC2)ccc1F. The van der Waals surface area contributed by atoms with Crippen LogP contribution < -0.4 is 4.74 Å². The summed E-state index contributed by atoms with van der Waals surface area (Å²) in [6.07, 6.45) is 1.75. The molecule has 0 unspecified atom stereocenters. The van der Waals surface area contributed by atoms with Gasteiger partial charge >= 0.3 is 5.97 Å². The Balaban J connectivity index is 2.09. The molecule has 0 bridgehead atoms. The second-order valence-electron chi connectivity index (χ2n) is 4.95. The van der Waals surface area contributed by atoms with Crippen LogP contribution in [0.1, 0.15) is 19.3 Å². The first-order chi connectivity index (χ1) is 10.1. The Kier molecular flexibility index (Phi) is 3.08. The van der Waals surface area contributed by atoms with Crippen LogP contribution >= 0.6 is 0 Å². The van der Waals surface area contributed by atoms with Gasteiger partial charge in [0.1, 0.15) is 0 Å². The van der Waals surface area contributed by atoms with Gasteiger partial charge in [-0.2, -0.15) is 0 Å². The highest BCUT2D eigenvalue weighted by Crippen LogP contribution is 2.41. The predicted octanol–water partition coefficient (Wildman–Crippen LogP) is 1.45. The molecular formula is C13H13FN4O3. The minimum absolute atomic E-state index is 0.0556. The molecule has 0 radical (unpaired) electrons. The van der Waals surface area contributed by atoms with Crippen molar-refractivity contribution in [1.29, 1.82) is 0 Å². The third-order valence-electron chi connectivity index (χ3n) is 3.86. The minimum atomic E-state index is -1.11. The molecule has 0 amide bonds. The highest BCUT2D eigenvalue weighted by molar-refractivity contribution is 5.78. The average Bonchev–Trinajstić information content (AvgIpc) is 2.87. The number of ether oxygens (including phenoxy) is 1. The van der Waals surface area contributed by atoms with Crippen LogP contribution in [0.2, 0.25) is 0 Å². The molecule has 7 nitrogen and oxygen atoms in total. The molecule has 0 atom stereocenters. The Hall–Kier alpha value is -2.51. The minimum Gasteiger partial charge on any atom is -0.494 e. The van der Waals surface area contributed by atoms with E-state index in [-0.39, 0.29) is 11.6 Å². The maximum Gasteiger partial charge on any atom is 0.331 e. The molecule has 110 valence electrons. The van der Waals surface area contributed by atoms with Crippen LogP contribution in [0, 0.1) is 5.82 Å². The van der Waals surface area contributed by atoms with E-state index in [0.717, 1.165) is 6.42 Å². The molecule has 1 heterocycles. The zero-order valence-corrected chi connectivity index (χ0v) is 11.3. The lowest BCUT2D eigenvalue weighted by Crippen LogP contribution is -2.48. The smallest absolute Gasteiger partial charge is 0.331 e. The van der Waals surface area contributed by atoms with E-state index < -0.39 is 17.3 Å². The van der Waals surface area contributed by atoms with Gasteiger partial charge in [0, 0.05) is 5.56 Å². The van der Waals surface area contributed by atoms with Gasteiger partial charge in [-0.3, -0.25) is 0 Å². The molecular weight excluding hydrogens is 279 g/mol. The summed E-state index contributed by atoms with van der Waals surface area (Å²) in [6, 6.07) is 4.18. The van der Waals surface area contributed by atoms with Gasteiger partial charge in [-0.25, -0.2) is 13.9 Å². The highest BCUT2D eigenvalue weighted by Gasteiger charge is 2.49. The fourth-order valence-electron chi connectivity index (χ4n) is 2.48. The molecule has 1 saturated carbocycles. The van der Waals surface area contributed by atoms with E-state index >= 15 is 0 Å². The molecule has 3 rings (SSSR count). The standard InChI is InChI=1S/C13H13FN4O3/c1-21-10-7-8(3-4-9(10)14)11-15-16-17-18(11)13(12(19)20)5-2-6-13/h3-4,7H,2,5-6H2,1H3,(H,19,20). The van der Waals surface area contributed by atoms with Gasteiger partial charge in [0.05, 0.1) is 7.11 Å². The van der Waals surface area contributed by atoms with Gasteiger partial charge < -0.3 is 9.84 Å². The van der Waals surface area contributed by atoms with E-state index in [4.69, 9.17) is 4.74 Å². The van der Waals surface area contributed by atoms with E-state index in [9.17, 15) is 14.3 Å². The molecule has 8 heteroatoms. The summed E-state index contributed by atoms with van der Waals surface area (Å²) in [5.41, 5.74) is -0.605. The number of aliphatic carboxylic acids is 1. The van der Waals surface area contributed by atoms with Crippen LogP contribution in [0.5, 0.6) is 5.75 Å². The Bertz CT molecular complexity index is 696. The van der Waals surface area contributed by atoms with Crippen molar-refractivity contribution in [1.82, 2.24) is 20.2 Å². The molecule has 1 aliphatic carbocycles. The second-order valence-corrected chi connectivity index (χ2v) is 4.95. The number of aromatic nitrogens is 4. The normalized spacial score (nSPS) is 16.3. The first-order valence-corrected chi connectivity index (χ1v) is 6.45. The zero-order valence-electron chi connectivity index (χ0n) is 11.3. The number of hydrogen-bond acceptors (Lipinski definition) is 5. The molecule has 0 spiro atoms. The third-order valence-corrected chi connectivity index (χ3v) is 3.86. The van der Waals surface area contributed by atoms with Crippen molar-refractivity contribution in [2.45, 2.75) is 24.8 Å². The fourth-order valence-corrected chi connectivity index (χ4v) is 2.48. The second kappa shape index (κ2) is 4.80. The first-order valence-electron chi connectivity index (χ1n) is 6.45. The number of tetrazole rings is 1. The molecule has 0 aliphatic heterocycles. The molecule has 1 aliphatic rings. The van der Waals surface area contributed by atoms with E-state index in [1.165, 1.54) is 30.0 Å². The van der Waals surface area contributed by atoms with Gasteiger partial charge in [-0.15, -0.1) is 5.10 Å².